The molecule has 2 aliphatic carbocycles. The predicted octanol–water partition coefficient (Wildman–Crippen LogP) is 3.52. The smallest absolute Gasteiger partial charge is 0.347 e. The van der Waals surface area contributed by atoms with Crippen molar-refractivity contribution in [3.63, 3.8) is 0 Å². The quantitative estimate of drug-likeness (QED) is 0.922. The molecule has 23 heavy (non-hydrogen) atoms. The van der Waals surface area contributed by atoms with Gasteiger partial charge >= 0.3 is 6.18 Å². The van der Waals surface area contributed by atoms with E-state index >= 15 is 0 Å². The fourth-order valence-corrected chi connectivity index (χ4v) is 3.66. The van der Waals surface area contributed by atoms with Crippen LogP contribution < -0.4 is 5.32 Å². The summed E-state index contributed by atoms with van der Waals surface area (Å²) in [6.45, 7) is -1.08. The number of carbonyl (C=O) groups is 1. The fourth-order valence-electron chi connectivity index (χ4n) is 3.66. The van der Waals surface area contributed by atoms with Crippen molar-refractivity contribution in [2.45, 2.75) is 70.1 Å². The monoisotopic (exact) mass is 329 g/mol. The Labute approximate surface area is 133 Å². The van der Waals surface area contributed by atoms with Crippen molar-refractivity contribution in [2.24, 2.45) is 5.92 Å². The van der Waals surface area contributed by atoms with Gasteiger partial charge in [-0.1, -0.05) is 19.3 Å². The van der Waals surface area contributed by atoms with Crippen molar-refractivity contribution in [2.75, 3.05) is 0 Å². The van der Waals surface area contributed by atoms with Gasteiger partial charge in [-0.3, -0.25) is 9.48 Å². The number of aromatic nitrogens is 2. The highest BCUT2D eigenvalue weighted by Gasteiger charge is 2.32. The van der Waals surface area contributed by atoms with Crippen LogP contribution >= 0.6 is 0 Å². The number of fused-ring (bicyclic) bond motifs is 1. The summed E-state index contributed by atoms with van der Waals surface area (Å²) in [6.07, 6.45) is 4.68. The number of amides is 1. The molecule has 0 saturated heterocycles. The molecule has 1 heterocycles. The third kappa shape index (κ3) is 4.06. The minimum Gasteiger partial charge on any atom is -0.347 e. The number of hydrogen-bond donors (Lipinski definition) is 1. The zero-order valence-electron chi connectivity index (χ0n) is 13.0. The summed E-state index contributed by atoms with van der Waals surface area (Å²) in [5.74, 6) is 0.0827. The van der Waals surface area contributed by atoms with Crippen LogP contribution in [-0.4, -0.2) is 21.9 Å². The molecule has 0 aromatic carbocycles. The van der Waals surface area contributed by atoms with Crippen LogP contribution in [0.5, 0.6) is 0 Å². The Balaban J connectivity index is 1.69. The van der Waals surface area contributed by atoms with Gasteiger partial charge in [0, 0.05) is 12.1 Å². The molecule has 128 valence electrons. The fraction of sp³-hybridized carbons (Fsp3) is 0.750. The van der Waals surface area contributed by atoms with Gasteiger partial charge < -0.3 is 5.32 Å². The van der Waals surface area contributed by atoms with Crippen LogP contribution in [0.1, 0.15) is 62.2 Å². The minimum absolute atomic E-state index is 0.0351. The maximum atomic E-state index is 12.5. The zero-order valence-corrected chi connectivity index (χ0v) is 13.0. The molecule has 1 amide bonds. The lowest BCUT2D eigenvalue weighted by Gasteiger charge is -2.26. The number of rotatable bonds is 3. The Hall–Kier alpha value is -1.53. The van der Waals surface area contributed by atoms with Gasteiger partial charge in [0.15, 0.2) is 0 Å². The highest BCUT2D eigenvalue weighted by Crippen LogP contribution is 2.31. The van der Waals surface area contributed by atoms with Crippen molar-refractivity contribution in [3.8, 4) is 0 Å². The molecule has 0 radical (unpaired) electrons. The van der Waals surface area contributed by atoms with Crippen LogP contribution in [0.2, 0.25) is 0 Å². The van der Waals surface area contributed by atoms with E-state index in [9.17, 15) is 18.0 Å². The second-order valence-corrected chi connectivity index (χ2v) is 6.64. The summed E-state index contributed by atoms with van der Waals surface area (Å²) in [5.41, 5.74) is 1.44. The first-order valence-corrected chi connectivity index (χ1v) is 8.36. The Morgan fingerprint density at radius 1 is 1.22 bits per heavy atom. The SMILES string of the molecule is O=C(N[C@H]1CCCc2cn(CC(F)(F)F)nc21)C1CCCCC1. The first-order chi connectivity index (χ1) is 10.9. The average molecular weight is 329 g/mol. The highest BCUT2D eigenvalue weighted by molar-refractivity contribution is 5.79. The van der Waals surface area contributed by atoms with Gasteiger partial charge in [-0.25, -0.2) is 0 Å². The van der Waals surface area contributed by atoms with Crippen LogP contribution in [0, 0.1) is 5.92 Å². The van der Waals surface area contributed by atoms with E-state index in [1.807, 2.05) is 0 Å². The summed E-state index contributed by atoms with van der Waals surface area (Å²) in [6, 6.07) is -0.248. The number of carbonyl (C=O) groups excluding carboxylic acids is 1. The number of halogens is 3. The Bertz CT molecular complexity index is 561. The Morgan fingerprint density at radius 3 is 2.65 bits per heavy atom. The maximum Gasteiger partial charge on any atom is 0.408 e. The lowest BCUT2D eigenvalue weighted by Crippen LogP contribution is -2.36. The van der Waals surface area contributed by atoms with E-state index in [0.29, 0.717) is 5.69 Å². The van der Waals surface area contributed by atoms with E-state index in [4.69, 9.17) is 0 Å². The van der Waals surface area contributed by atoms with Crippen LogP contribution in [0.4, 0.5) is 13.2 Å². The van der Waals surface area contributed by atoms with E-state index < -0.39 is 12.7 Å². The van der Waals surface area contributed by atoms with Crippen LogP contribution in [0.3, 0.4) is 0 Å². The van der Waals surface area contributed by atoms with Gasteiger partial charge in [0.25, 0.3) is 0 Å². The van der Waals surface area contributed by atoms with Crippen molar-refractivity contribution < 1.29 is 18.0 Å². The van der Waals surface area contributed by atoms with Gasteiger partial charge in [-0.15, -0.1) is 0 Å². The molecule has 3 rings (SSSR count). The lowest BCUT2D eigenvalue weighted by molar-refractivity contribution is -0.142. The molecular weight excluding hydrogens is 307 g/mol. The number of alkyl halides is 3. The van der Waals surface area contributed by atoms with Gasteiger partial charge in [0.1, 0.15) is 6.54 Å². The summed E-state index contributed by atoms with van der Waals surface area (Å²) < 4.78 is 38.5. The second-order valence-electron chi connectivity index (χ2n) is 6.64. The predicted molar refractivity (Wildman–Crippen MR) is 78.7 cm³/mol. The van der Waals surface area contributed by atoms with E-state index in [1.54, 1.807) is 0 Å². The number of aryl methyl sites for hydroxylation is 1. The molecule has 7 heteroatoms. The van der Waals surface area contributed by atoms with E-state index in [1.165, 1.54) is 12.6 Å². The lowest BCUT2D eigenvalue weighted by atomic mass is 9.87. The normalized spacial score (nSPS) is 22.7. The molecule has 4 nitrogen and oxygen atoms in total. The summed E-state index contributed by atoms with van der Waals surface area (Å²) in [4.78, 5) is 12.4. The largest absolute Gasteiger partial charge is 0.408 e. The molecule has 0 unspecified atom stereocenters. The van der Waals surface area contributed by atoms with E-state index in [-0.39, 0.29) is 17.9 Å². The first kappa shape index (κ1) is 16.3. The van der Waals surface area contributed by atoms with E-state index in [0.717, 1.165) is 55.2 Å². The van der Waals surface area contributed by atoms with E-state index in [2.05, 4.69) is 10.4 Å². The molecule has 1 saturated carbocycles. The third-order valence-corrected chi connectivity index (χ3v) is 4.77. The van der Waals surface area contributed by atoms with Gasteiger partial charge in [0.2, 0.25) is 5.91 Å². The average Bonchev–Trinajstić information content (AvgIpc) is 2.89. The first-order valence-electron chi connectivity index (χ1n) is 8.36. The molecule has 0 aliphatic heterocycles. The highest BCUT2D eigenvalue weighted by atomic mass is 19.4. The number of hydrogen-bond acceptors (Lipinski definition) is 2. The number of nitrogens with one attached hydrogen (secondary N) is 1. The van der Waals surface area contributed by atoms with Crippen molar-refractivity contribution in [1.82, 2.24) is 15.1 Å². The molecule has 1 aromatic heterocycles. The summed E-state index contributed by atoms with van der Waals surface area (Å²) >= 11 is 0. The van der Waals surface area contributed by atoms with Gasteiger partial charge in [0.05, 0.1) is 11.7 Å². The van der Waals surface area contributed by atoms with Crippen LogP contribution in [0.25, 0.3) is 0 Å². The molecule has 1 aromatic rings. The summed E-state index contributed by atoms with van der Waals surface area (Å²) in [7, 11) is 0. The van der Waals surface area contributed by atoms with Crippen LogP contribution in [-0.2, 0) is 17.8 Å². The topological polar surface area (TPSA) is 46.9 Å². The van der Waals surface area contributed by atoms with Gasteiger partial charge in [-0.05, 0) is 37.7 Å². The minimum atomic E-state index is -4.28. The van der Waals surface area contributed by atoms with Crippen LogP contribution in [0.15, 0.2) is 6.20 Å². The molecule has 0 spiro atoms. The molecular formula is C16H22F3N3O. The standard InChI is InChI=1S/C16H22F3N3O/c17-16(18,19)10-22-9-12-7-4-8-13(14(12)21-22)20-15(23)11-5-2-1-3-6-11/h9,11,13H,1-8,10H2,(H,20,23)/t13-/m0/s1. The molecule has 2 aliphatic rings. The number of nitrogens with zero attached hydrogens (tertiary/aromatic N) is 2. The molecule has 0 bridgehead atoms. The van der Waals surface area contributed by atoms with Crippen molar-refractivity contribution >= 4 is 5.91 Å². The third-order valence-electron chi connectivity index (χ3n) is 4.77. The Kier molecular flexibility index (Phi) is 4.64. The molecule has 1 N–H and O–H groups in total. The van der Waals surface area contributed by atoms with Gasteiger partial charge in [-0.2, -0.15) is 18.3 Å². The Morgan fingerprint density at radius 2 is 1.96 bits per heavy atom. The zero-order chi connectivity index (χ0) is 16.4. The second kappa shape index (κ2) is 6.53. The molecule has 1 atom stereocenters. The van der Waals surface area contributed by atoms with Crippen molar-refractivity contribution in [1.29, 1.82) is 0 Å². The summed E-state index contributed by atoms with van der Waals surface area (Å²) in [5, 5.41) is 7.12. The maximum absolute atomic E-state index is 12.5. The molecule has 1 fully saturated rings. The van der Waals surface area contributed by atoms with Crippen molar-refractivity contribution in [3.05, 3.63) is 17.5 Å².